The third-order valence-electron chi connectivity index (χ3n) is 6.87. The van der Waals surface area contributed by atoms with Crippen LogP contribution in [0.4, 0.5) is 0 Å². The highest BCUT2D eigenvalue weighted by molar-refractivity contribution is 5.83. The number of rotatable bonds is 5. The molecule has 1 aliphatic heterocycles. The number of carbonyl (C=O) groups is 1. The van der Waals surface area contributed by atoms with E-state index in [2.05, 4.69) is 29.3 Å². The summed E-state index contributed by atoms with van der Waals surface area (Å²) in [5.41, 5.74) is -0.143. The first-order valence-electron chi connectivity index (χ1n) is 10.6. The molecule has 2 aromatic heterocycles. The van der Waals surface area contributed by atoms with Crippen molar-refractivity contribution in [2.24, 2.45) is 11.8 Å². The van der Waals surface area contributed by atoms with Crippen LogP contribution in [0.5, 0.6) is 0 Å². The first-order valence-corrected chi connectivity index (χ1v) is 10.6. The molecule has 2 aliphatic carbocycles. The fourth-order valence-corrected chi connectivity index (χ4v) is 4.81. The molecule has 0 spiro atoms. The Kier molecular flexibility index (Phi) is 4.21. The van der Waals surface area contributed by atoms with Crippen LogP contribution < -0.4 is 5.69 Å². The van der Waals surface area contributed by atoms with E-state index in [0.717, 1.165) is 55.6 Å². The van der Waals surface area contributed by atoms with Crippen LogP contribution in [-0.2, 0) is 11.3 Å². The standard InChI is InChI=1S/C21H28N4O3/c1-3-25-19(22-23-21(25)27)13-6-8-24(9-7-13)20(26)16-11-15(16)18-5-4-17(28-18)14-10-12(14)2/h4-5,12-16H,3,6-11H2,1-2H3,(H,23,27). The number of hydrogen-bond acceptors (Lipinski definition) is 4. The highest BCUT2D eigenvalue weighted by Gasteiger charge is 2.48. The van der Waals surface area contributed by atoms with E-state index < -0.39 is 0 Å². The predicted molar refractivity (Wildman–Crippen MR) is 103 cm³/mol. The number of amides is 1. The Morgan fingerprint density at radius 3 is 2.54 bits per heavy atom. The molecular weight excluding hydrogens is 356 g/mol. The van der Waals surface area contributed by atoms with Crippen LogP contribution in [0.15, 0.2) is 21.3 Å². The van der Waals surface area contributed by atoms with E-state index in [9.17, 15) is 9.59 Å². The van der Waals surface area contributed by atoms with Crippen LogP contribution in [0.1, 0.15) is 74.6 Å². The molecule has 1 amide bonds. The molecule has 3 fully saturated rings. The number of carbonyl (C=O) groups excluding carboxylic acids is 1. The monoisotopic (exact) mass is 384 g/mol. The van der Waals surface area contributed by atoms with Gasteiger partial charge in [-0.25, -0.2) is 9.89 Å². The lowest BCUT2D eigenvalue weighted by Gasteiger charge is -2.31. The number of piperidine rings is 1. The highest BCUT2D eigenvalue weighted by atomic mass is 16.3. The minimum absolute atomic E-state index is 0.0754. The van der Waals surface area contributed by atoms with Crippen LogP contribution >= 0.6 is 0 Å². The quantitative estimate of drug-likeness (QED) is 0.859. The van der Waals surface area contributed by atoms with Gasteiger partial charge in [-0.1, -0.05) is 6.92 Å². The average molecular weight is 384 g/mol. The van der Waals surface area contributed by atoms with Crippen molar-refractivity contribution in [3.8, 4) is 0 Å². The van der Waals surface area contributed by atoms with Crippen molar-refractivity contribution >= 4 is 5.91 Å². The van der Waals surface area contributed by atoms with Gasteiger partial charge in [-0.2, -0.15) is 5.10 Å². The van der Waals surface area contributed by atoms with Gasteiger partial charge < -0.3 is 9.32 Å². The summed E-state index contributed by atoms with van der Waals surface area (Å²) in [4.78, 5) is 26.7. The summed E-state index contributed by atoms with van der Waals surface area (Å²) in [6.07, 6.45) is 3.84. The Hall–Kier alpha value is -2.31. The fraction of sp³-hybridized carbons (Fsp3) is 0.667. The van der Waals surface area contributed by atoms with Crippen LogP contribution in [0.3, 0.4) is 0 Å². The Balaban J connectivity index is 1.18. The molecule has 0 bridgehead atoms. The van der Waals surface area contributed by atoms with Gasteiger partial charge in [0.05, 0.1) is 0 Å². The zero-order valence-corrected chi connectivity index (χ0v) is 16.6. The average Bonchev–Trinajstić information content (AvgIpc) is 3.56. The molecule has 5 rings (SSSR count). The van der Waals surface area contributed by atoms with Crippen LogP contribution in [0.2, 0.25) is 0 Å². The van der Waals surface area contributed by atoms with Gasteiger partial charge in [-0.15, -0.1) is 0 Å². The van der Waals surface area contributed by atoms with E-state index in [-0.39, 0.29) is 29.4 Å². The largest absolute Gasteiger partial charge is 0.465 e. The van der Waals surface area contributed by atoms with Gasteiger partial charge in [-0.05, 0) is 50.7 Å². The highest BCUT2D eigenvalue weighted by Crippen LogP contribution is 2.52. The maximum Gasteiger partial charge on any atom is 0.343 e. The van der Waals surface area contributed by atoms with Crippen molar-refractivity contribution in [3.05, 3.63) is 40.0 Å². The third kappa shape index (κ3) is 3.01. The van der Waals surface area contributed by atoms with Crippen molar-refractivity contribution in [2.75, 3.05) is 13.1 Å². The normalized spacial score (nSPS) is 29.9. The van der Waals surface area contributed by atoms with Gasteiger partial charge in [0.15, 0.2) is 0 Å². The number of nitrogens with zero attached hydrogens (tertiary/aromatic N) is 3. The molecule has 28 heavy (non-hydrogen) atoms. The van der Waals surface area contributed by atoms with Gasteiger partial charge in [0.1, 0.15) is 17.3 Å². The summed E-state index contributed by atoms with van der Waals surface area (Å²) in [7, 11) is 0. The predicted octanol–water partition coefficient (Wildman–Crippen LogP) is 2.82. The lowest BCUT2D eigenvalue weighted by molar-refractivity contribution is -0.133. The van der Waals surface area contributed by atoms with E-state index >= 15 is 0 Å². The number of aromatic nitrogens is 3. The van der Waals surface area contributed by atoms with Crippen molar-refractivity contribution in [1.82, 2.24) is 19.7 Å². The molecule has 0 radical (unpaired) electrons. The molecule has 3 heterocycles. The summed E-state index contributed by atoms with van der Waals surface area (Å²) < 4.78 is 7.76. The van der Waals surface area contributed by atoms with Gasteiger partial charge in [0, 0.05) is 43.3 Å². The van der Waals surface area contributed by atoms with E-state index in [4.69, 9.17) is 4.42 Å². The SMILES string of the molecule is CCn1c(C2CCN(C(=O)C3CC3c3ccc(C4CC4C)o3)CC2)n[nH]c1=O. The van der Waals surface area contributed by atoms with Gasteiger partial charge >= 0.3 is 5.69 Å². The van der Waals surface area contributed by atoms with Crippen LogP contribution in [-0.4, -0.2) is 38.7 Å². The summed E-state index contributed by atoms with van der Waals surface area (Å²) in [5, 5.41) is 6.77. The second-order valence-corrected chi connectivity index (χ2v) is 8.74. The van der Waals surface area contributed by atoms with E-state index in [1.54, 1.807) is 4.57 Å². The Morgan fingerprint density at radius 1 is 1.21 bits per heavy atom. The second-order valence-electron chi connectivity index (χ2n) is 8.74. The third-order valence-corrected chi connectivity index (χ3v) is 6.87. The molecule has 7 heteroatoms. The molecule has 7 nitrogen and oxygen atoms in total. The smallest absolute Gasteiger partial charge is 0.343 e. The number of H-pyrrole nitrogens is 1. The van der Waals surface area contributed by atoms with Crippen molar-refractivity contribution in [1.29, 1.82) is 0 Å². The molecule has 4 unspecified atom stereocenters. The maximum atomic E-state index is 12.9. The Labute approximate surface area is 164 Å². The molecule has 4 atom stereocenters. The first-order chi connectivity index (χ1) is 13.6. The summed E-state index contributed by atoms with van der Waals surface area (Å²) in [5.74, 6) is 5.08. The molecule has 2 aromatic rings. The van der Waals surface area contributed by atoms with Crippen molar-refractivity contribution in [3.63, 3.8) is 0 Å². The summed E-state index contributed by atoms with van der Waals surface area (Å²) in [6, 6.07) is 4.18. The summed E-state index contributed by atoms with van der Waals surface area (Å²) >= 11 is 0. The van der Waals surface area contributed by atoms with Crippen molar-refractivity contribution < 1.29 is 9.21 Å². The zero-order valence-electron chi connectivity index (χ0n) is 16.6. The lowest BCUT2D eigenvalue weighted by Crippen LogP contribution is -2.39. The van der Waals surface area contributed by atoms with E-state index in [1.807, 2.05) is 11.8 Å². The van der Waals surface area contributed by atoms with Crippen LogP contribution in [0, 0.1) is 11.8 Å². The molecule has 1 N–H and O–H groups in total. The van der Waals surface area contributed by atoms with Gasteiger partial charge in [0.25, 0.3) is 0 Å². The lowest BCUT2D eigenvalue weighted by atomic mass is 9.95. The van der Waals surface area contributed by atoms with E-state index in [0.29, 0.717) is 12.5 Å². The minimum Gasteiger partial charge on any atom is -0.465 e. The number of furan rings is 1. The second kappa shape index (κ2) is 6.64. The number of nitrogens with one attached hydrogen (secondary N) is 1. The van der Waals surface area contributed by atoms with Gasteiger partial charge in [-0.3, -0.25) is 9.36 Å². The van der Waals surface area contributed by atoms with E-state index in [1.165, 1.54) is 6.42 Å². The fourth-order valence-electron chi connectivity index (χ4n) is 4.81. The minimum atomic E-state index is -0.143. The molecular formula is C21H28N4O3. The Morgan fingerprint density at radius 2 is 1.89 bits per heavy atom. The van der Waals surface area contributed by atoms with Crippen LogP contribution in [0.25, 0.3) is 0 Å². The zero-order chi connectivity index (χ0) is 19.4. The maximum absolute atomic E-state index is 12.9. The molecule has 1 saturated heterocycles. The summed E-state index contributed by atoms with van der Waals surface area (Å²) in [6.45, 7) is 6.30. The molecule has 0 aromatic carbocycles. The first kappa shape index (κ1) is 17.8. The molecule has 150 valence electrons. The topological polar surface area (TPSA) is 84.1 Å². The van der Waals surface area contributed by atoms with Crippen molar-refractivity contribution in [2.45, 2.75) is 63.8 Å². The Bertz CT molecular complexity index is 934. The number of hydrogen-bond donors (Lipinski definition) is 1. The molecule has 3 aliphatic rings. The number of aromatic amines is 1. The molecule has 2 saturated carbocycles. The number of likely N-dealkylation sites (tertiary alicyclic amines) is 1. The van der Waals surface area contributed by atoms with Gasteiger partial charge in [0.2, 0.25) is 5.91 Å².